The van der Waals surface area contributed by atoms with E-state index in [9.17, 15) is 13.2 Å². The first kappa shape index (κ1) is 18.4. The van der Waals surface area contributed by atoms with Crippen LogP contribution in [0.25, 0.3) is 0 Å². The predicted molar refractivity (Wildman–Crippen MR) is 86.5 cm³/mol. The molecule has 0 aromatic heterocycles. The third kappa shape index (κ3) is 6.44. The first-order chi connectivity index (χ1) is 10.2. The lowest BCUT2D eigenvalue weighted by atomic mass is 10.1. The van der Waals surface area contributed by atoms with Crippen LogP contribution in [0.4, 0.5) is 0 Å². The number of aryl methyl sites for hydroxylation is 1. The fourth-order valence-electron chi connectivity index (χ4n) is 1.84. The second-order valence-electron chi connectivity index (χ2n) is 5.28. The number of amides is 1. The molecule has 22 heavy (non-hydrogen) atoms. The van der Waals surface area contributed by atoms with E-state index in [4.69, 9.17) is 4.74 Å². The highest BCUT2D eigenvalue weighted by Gasteiger charge is 2.10. The van der Waals surface area contributed by atoms with E-state index in [0.717, 1.165) is 23.1 Å². The molecule has 0 fully saturated rings. The van der Waals surface area contributed by atoms with Crippen molar-refractivity contribution in [2.24, 2.45) is 0 Å². The van der Waals surface area contributed by atoms with Gasteiger partial charge in [-0.1, -0.05) is 12.1 Å². The van der Waals surface area contributed by atoms with E-state index in [-0.39, 0.29) is 18.9 Å². The van der Waals surface area contributed by atoms with Gasteiger partial charge in [0.05, 0.1) is 19.3 Å². The summed E-state index contributed by atoms with van der Waals surface area (Å²) in [6.45, 7) is 4.83. The predicted octanol–water partition coefficient (Wildman–Crippen LogP) is 1.08. The average molecular weight is 328 g/mol. The van der Waals surface area contributed by atoms with Crippen LogP contribution in [0, 0.1) is 13.8 Å². The van der Waals surface area contributed by atoms with Crippen molar-refractivity contribution in [1.29, 1.82) is 0 Å². The summed E-state index contributed by atoms with van der Waals surface area (Å²) in [5.41, 5.74) is 2.22. The van der Waals surface area contributed by atoms with Crippen molar-refractivity contribution in [3.05, 3.63) is 29.3 Å². The van der Waals surface area contributed by atoms with Gasteiger partial charge in [0.2, 0.25) is 15.9 Å². The molecule has 0 unspecified atom stereocenters. The Labute approximate surface area is 132 Å². The molecule has 0 saturated heterocycles. The molecule has 1 amide bonds. The number of likely N-dealkylation sites (N-methyl/N-ethyl adjacent to an activating group) is 1. The van der Waals surface area contributed by atoms with E-state index in [1.165, 1.54) is 4.90 Å². The molecule has 1 N–H and O–H groups in total. The second kappa shape index (κ2) is 8.14. The van der Waals surface area contributed by atoms with Crippen molar-refractivity contribution >= 4 is 15.9 Å². The number of rotatable bonds is 8. The second-order valence-corrected chi connectivity index (χ2v) is 7.11. The van der Waals surface area contributed by atoms with Crippen LogP contribution in [0.5, 0.6) is 5.75 Å². The van der Waals surface area contributed by atoms with Crippen LogP contribution < -0.4 is 9.46 Å². The fraction of sp³-hybridized carbons (Fsp3) is 0.533. The molecule has 0 aliphatic heterocycles. The van der Waals surface area contributed by atoms with E-state index in [2.05, 4.69) is 4.72 Å². The number of nitrogens with zero attached hydrogens (tertiary/aromatic N) is 1. The maximum atomic E-state index is 11.9. The molecule has 0 radical (unpaired) electrons. The summed E-state index contributed by atoms with van der Waals surface area (Å²) in [5.74, 6) is 0.704. The average Bonchev–Trinajstić information content (AvgIpc) is 2.41. The highest BCUT2D eigenvalue weighted by atomic mass is 32.2. The van der Waals surface area contributed by atoms with Gasteiger partial charge in [0.25, 0.3) is 0 Å². The summed E-state index contributed by atoms with van der Waals surface area (Å²) in [4.78, 5) is 13.4. The third-order valence-corrected chi connectivity index (χ3v) is 4.09. The minimum atomic E-state index is -3.22. The SMILES string of the molecule is Cc1cccc(OCCC(=O)N(C)CCNS(C)(=O)=O)c1C. The molecule has 0 saturated carbocycles. The van der Waals surface area contributed by atoms with Gasteiger partial charge < -0.3 is 9.64 Å². The lowest BCUT2D eigenvalue weighted by Crippen LogP contribution is -2.36. The molecule has 1 aromatic carbocycles. The fourth-order valence-corrected chi connectivity index (χ4v) is 2.31. The molecular formula is C15H24N2O4S. The zero-order valence-corrected chi connectivity index (χ0v) is 14.4. The van der Waals surface area contributed by atoms with Crippen LogP contribution >= 0.6 is 0 Å². The minimum Gasteiger partial charge on any atom is -0.493 e. The van der Waals surface area contributed by atoms with Gasteiger partial charge in [-0.05, 0) is 31.0 Å². The molecule has 0 spiro atoms. The van der Waals surface area contributed by atoms with E-state index in [0.29, 0.717) is 13.2 Å². The zero-order valence-electron chi connectivity index (χ0n) is 13.5. The summed E-state index contributed by atoms with van der Waals surface area (Å²) in [6, 6.07) is 5.81. The molecule has 7 heteroatoms. The monoisotopic (exact) mass is 328 g/mol. The highest BCUT2D eigenvalue weighted by Crippen LogP contribution is 2.20. The number of hydrogen-bond acceptors (Lipinski definition) is 4. The number of hydrogen-bond donors (Lipinski definition) is 1. The Bertz CT molecular complexity index is 614. The Morgan fingerprint density at radius 2 is 2.00 bits per heavy atom. The standard InChI is InChI=1S/C15H24N2O4S/c1-12-6-5-7-14(13(12)2)21-11-8-15(18)17(3)10-9-16-22(4,19)20/h5-7,16H,8-11H2,1-4H3. The Morgan fingerprint density at radius 1 is 1.32 bits per heavy atom. The van der Waals surface area contributed by atoms with Gasteiger partial charge >= 0.3 is 0 Å². The maximum absolute atomic E-state index is 11.9. The summed E-state index contributed by atoms with van der Waals surface area (Å²) >= 11 is 0. The Hall–Kier alpha value is -1.60. The number of ether oxygens (including phenoxy) is 1. The van der Waals surface area contributed by atoms with Crippen LogP contribution in [0.15, 0.2) is 18.2 Å². The Balaban J connectivity index is 2.35. The number of sulfonamides is 1. The van der Waals surface area contributed by atoms with Crippen molar-refractivity contribution < 1.29 is 17.9 Å². The van der Waals surface area contributed by atoms with Gasteiger partial charge in [-0.25, -0.2) is 13.1 Å². The lowest BCUT2D eigenvalue weighted by Gasteiger charge is -2.17. The van der Waals surface area contributed by atoms with Gasteiger partial charge in [-0.15, -0.1) is 0 Å². The molecule has 0 bridgehead atoms. The Morgan fingerprint density at radius 3 is 2.64 bits per heavy atom. The largest absolute Gasteiger partial charge is 0.493 e. The number of benzene rings is 1. The van der Waals surface area contributed by atoms with Crippen molar-refractivity contribution in [3.8, 4) is 5.75 Å². The van der Waals surface area contributed by atoms with Gasteiger partial charge in [0, 0.05) is 20.1 Å². The number of carbonyl (C=O) groups is 1. The summed E-state index contributed by atoms with van der Waals surface area (Å²) in [7, 11) is -1.58. The number of nitrogens with one attached hydrogen (secondary N) is 1. The molecule has 1 aromatic rings. The van der Waals surface area contributed by atoms with Gasteiger partial charge in [0.1, 0.15) is 5.75 Å². The van der Waals surface area contributed by atoms with Gasteiger partial charge in [-0.3, -0.25) is 4.79 Å². The first-order valence-electron chi connectivity index (χ1n) is 7.08. The van der Waals surface area contributed by atoms with Crippen LogP contribution in [-0.2, 0) is 14.8 Å². The van der Waals surface area contributed by atoms with Crippen molar-refractivity contribution in [1.82, 2.24) is 9.62 Å². The molecule has 0 heterocycles. The number of carbonyl (C=O) groups excluding carboxylic acids is 1. The van der Waals surface area contributed by atoms with E-state index in [1.807, 2.05) is 32.0 Å². The van der Waals surface area contributed by atoms with Crippen LogP contribution in [0.2, 0.25) is 0 Å². The molecule has 6 nitrogen and oxygen atoms in total. The van der Waals surface area contributed by atoms with E-state index >= 15 is 0 Å². The van der Waals surface area contributed by atoms with Crippen LogP contribution in [0.3, 0.4) is 0 Å². The molecule has 124 valence electrons. The molecule has 0 aliphatic rings. The molecule has 0 atom stereocenters. The summed E-state index contributed by atoms with van der Waals surface area (Å²) in [6.07, 6.45) is 1.34. The van der Waals surface area contributed by atoms with Crippen molar-refractivity contribution in [2.45, 2.75) is 20.3 Å². The lowest BCUT2D eigenvalue weighted by molar-refractivity contribution is -0.130. The van der Waals surface area contributed by atoms with Crippen molar-refractivity contribution in [3.63, 3.8) is 0 Å². The molecule has 1 rings (SSSR count). The zero-order chi connectivity index (χ0) is 16.8. The molecule has 0 aliphatic carbocycles. The summed E-state index contributed by atoms with van der Waals surface area (Å²) in [5, 5.41) is 0. The normalized spacial score (nSPS) is 11.3. The first-order valence-corrected chi connectivity index (χ1v) is 8.97. The maximum Gasteiger partial charge on any atom is 0.225 e. The summed E-state index contributed by atoms with van der Waals surface area (Å²) < 4.78 is 29.9. The van der Waals surface area contributed by atoms with Crippen molar-refractivity contribution in [2.75, 3.05) is 33.0 Å². The van der Waals surface area contributed by atoms with E-state index in [1.54, 1.807) is 7.05 Å². The smallest absolute Gasteiger partial charge is 0.225 e. The van der Waals surface area contributed by atoms with Crippen LogP contribution in [0.1, 0.15) is 17.5 Å². The van der Waals surface area contributed by atoms with E-state index < -0.39 is 10.0 Å². The van der Waals surface area contributed by atoms with Crippen LogP contribution in [-0.4, -0.2) is 52.2 Å². The van der Waals surface area contributed by atoms with Gasteiger partial charge in [-0.2, -0.15) is 0 Å². The Kier molecular flexibility index (Phi) is 6.83. The third-order valence-electron chi connectivity index (χ3n) is 3.37. The quantitative estimate of drug-likeness (QED) is 0.775. The van der Waals surface area contributed by atoms with Gasteiger partial charge in [0.15, 0.2) is 0 Å². The topological polar surface area (TPSA) is 75.7 Å². The minimum absolute atomic E-state index is 0.0828. The highest BCUT2D eigenvalue weighted by molar-refractivity contribution is 7.88. The molecular weight excluding hydrogens is 304 g/mol.